The van der Waals surface area contributed by atoms with Crippen LogP contribution in [-0.2, 0) is 4.79 Å². The second-order valence-electron chi connectivity index (χ2n) is 4.79. The van der Waals surface area contributed by atoms with Crippen LogP contribution < -0.4 is 5.32 Å². The lowest BCUT2D eigenvalue weighted by Gasteiger charge is -2.09. The summed E-state index contributed by atoms with van der Waals surface area (Å²) in [5, 5.41) is 19.2. The van der Waals surface area contributed by atoms with E-state index in [1.807, 2.05) is 6.07 Å². The smallest absolute Gasteiger partial charge is 0.284 e. The zero-order chi connectivity index (χ0) is 16.9. The van der Waals surface area contributed by atoms with Gasteiger partial charge in [0.1, 0.15) is 0 Å². The van der Waals surface area contributed by atoms with E-state index in [1.165, 1.54) is 6.26 Å². The van der Waals surface area contributed by atoms with Gasteiger partial charge < -0.3 is 14.2 Å². The molecule has 120 valence electrons. The van der Waals surface area contributed by atoms with Gasteiger partial charge >= 0.3 is 0 Å². The van der Waals surface area contributed by atoms with E-state index in [0.29, 0.717) is 17.0 Å². The predicted octanol–water partition coefficient (Wildman–Crippen LogP) is 3.32. The second-order valence-corrected chi connectivity index (χ2v) is 6.08. The van der Waals surface area contributed by atoms with Crippen molar-refractivity contribution in [2.75, 3.05) is 5.32 Å². The Kier molecular flexibility index (Phi) is 4.63. The molecule has 1 unspecified atom stereocenters. The first kappa shape index (κ1) is 15.8. The number of nitrogens with one attached hydrogen (secondary N) is 1. The fraction of sp³-hybridized carbons (Fsp3) is 0.125. The lowest BCUT2D eigenvalue weighted by Crippen LogP contribution is -2.22. The van der Waals surface area contributed by atoms with Gasteiger partial charge in [0.15, 0.2) is 5.76 Å². The molecule has 0 spiro atoms. The molecule has 1 amide bonds. The maximum absolute atomic E-state index is 12.2. The molecule has 1 aromatic carbocycles. The first-order chi connectivity index (χ1) is 11.7. The van der Waals surface area contributed by atoms with Crippen LogP contribution in [-0.4, -0.2) is 21.4 Å². The van der Waals surface area contributed by atoms with Crippen LogP contribution in [0.1, 0.15) is 12.5 Å². The van der Waals surface area contributed by atoms with Crippen molar-refractivity contribution in [3.63, 3.8) is 0 Å². The summed E-state index contributed by atoms with van der Waals surface area (Å²) in [6.07, 6.45) is 1.51. The van der Waals surface area contributed by atoms with Gasteiger partial charge in [0.25, 0.3) is 11.1 Å². The number of amides is 1. The number of carbonyl (C=O) groups is 1. The molecule has 8 heteroatoms. The van der Waals surface area contributed by atoms with Gasteiger partial charge in [-0.2, -0.15) is 5.26 Å². The molecule has 7 nitrogen and oxygen atoms in total. The van der Waals surface area contributed by atoms with Crippen LogP contribution in [0.4, 0.5) is 5.69 Å². The van der Waals surface area contributed by atoms with Gasteiger partial charge in [0.2, 0.25) is 5.91 Å². The number of carbonyl (C=O) groups excluding carboxylic acids is 1. The Morgan fingerprint density at radius 3 is 2.96 bits per heavy atom. The minimum absolute atomic E-state index is 0.229. The van der Waals surface area contributed by atoms with Gasteiger partial charge in [-0.25, -0.2) is 0 Å². The number of anilines is 1. The minimum Gasteiger partial charge on any atom is -0.459 e. The molecule has 2 heterocycles. The van der Waals surface area contributed by atoms with E-state index < -0.39 is 5.25 Å². The number of nitriles is 1. The molecule has 3 rings (SSSR count). The highest BCUT2D eigenvalue weighted by Gasteiger charge is 2.19. The average molecular weight is 340 g/mol. The molecule has 2 aromatic heterocycles. The molecule has 24 heavy (non-hydrogen) atoms. The summed E-state index contributed by atoms with van der Waals surface area (Å²) in [7, 11) is 0. The Hall–Kier alpha value is -3.05. The van der Waals surface area contributed by atoms with Gasteiger partial charge in [0, 0.05) is 5.69 Å². The Balaban J connectivity index is 1.63. The molecular weight excluding hydrogens is 328 g/mol. The number of aromatic nitrogens is 2. The Morgan fingerprint density at radius 2 is 2.21 bits per heavy atom. The number of nitrogens with zero attached hydrogens (tertiary/aromatic N) is 3. The normalized spacial score (nSPS) is 11.7. The van der Waals surface area contributed by atoms with Crippen molar-refractivity contribution in [2.45, 2.75) is 17.4 Å². The minimum atomic E-state index is -0.458. The molecule has 1 N–H and O–H groups in total. The topological polar surface area (TPSA) is 105 Å². The van der Waals surface area contributed by atoms with Crippen LogP contribution in [0.2, 0.25) is 0 Å². The largest absolute Gasteiger partial charge is 0.459 e. The van der Waals surface area contributed by atoms with Gasteiger partial charge in [-0.15, -0.1) is 10.2 Å². The van der Waals surface area contributed by atoms with Crippen molar-refractivity contribution in [3.05, 3.63) is 48.2 Å². The summed E-state index contributed by atoms with van der Waals surface area (Å²) in [4.78, 5) is 12.2. The van der Waals surface area contributed by atoms with Gasteiger partial charge in [0.05, 0.1) is 23.1 Å². The quantitative estimate of drug-likeness (QED) is 0.710. The standard InChI is InChI=1S/C16H12N4O3S/c1-10(14(21)18-12-5-2-4-11(8-12)9-17)24-16-20-19-15(23-16)13-6-3-7-22-13/h2-8,10H,1H3,(H,18,21). The highest BCUT2D eigenvalue weighted by Crippen LogP contribution is 2.26. The van der Waals surface area contributed by atoms with Crippen molar-refractivity contribution in [2.24, 2.45) is 0 Å². The first-order valence-corrected chi connectivity index (χ1v) is 7.89. The maximum atomic E-state index is 12.2. The van der Waals surface area contributed by atoms with Crippen molar-refractivity contribution in [1.82, 2.24) is 10.2 Å². The number of furan rings is 1. The third kappa shape index (κ3) is 3.64. The molecule has 0 radical (unpaired) electrons. The predicted molar refractivity (Wildman–Crippen MR) is 87.1 cm³/mol. The van der Waals surface area contributed by atoms with Crippen LogP contribution in [0.25, 0.3) is 11.7 Å². The van der Waals surface area contributed by atoms with E-state index in [2.05, 4.69) is 15.5 Å². The molecule has 0 bridgehead atoms. The molecule has 3 aromatic rings. The van der Waals surface area contributed by atoms with Crippen LogP contribution in [0.15, 0.2) is 56.7 Å². The molecule has 1 atom stereocenters. The Labute approximate surface area is 141 Å². The number of benzene rings is 1. The van der Waals surface area contributed by atoms with Gasteiger partial charge in [-0.05, 0) is 37.3 Å². The zero-order valence-corrected chi connectivity index (χ0v) is 13.4. The fourth-order valence-electron chi connectivity index (χ4n) is 1.87. The van der Waals surface area contributed by atoms with E-state index in [1.54, 1.807) is 43.3 Å². The van der Waals surface area contributed by atoms with Crippen LogP contribution in [0.5, 0.6) is 0 Å². The average Bonchev–Trinajstić information content (AvgIpc) is 3.26. The summed E-state index contributed by atoms with van der Waals surface area (Å²) in [6.45, 7) is 1.73. The van der Waals surface area contributed by atoms with E-state index in [4.69, 9.17) is 14.1 Å². The number of hydrogen-bond acceptors (Lipinski definition) is 7. The van der Waals surface area contributed by atoms with Gasteiger partial charge in [-0.1, -0.05) is 17.8 Å². The van der Waals surface area contributed by atoms with E-state index in [9.17, 15) is 4.79 Å². The summed E-state index contributed by atoms with van der Waals surface area (Å²) in [5.74, 6) is 0.504. The Bertz CT molecular complexity index is 883. The van der Waals surface area contributed by atoms with Gasteiger partial charge in [-0.3, -0.25) is 4.79 Å². The molecule has 0 fully saturated rings. The third-order valence-electron chi connectivity index (χ3n) is 3.04. The summed E-state index contributed by atoms with van der Waals surface area (Å²) < 4.78 is 10.6. The zero-order valence-electron chi connectivity index (χ0n) is 12.6. The van der Waals surface area contributed by atoms with E-state index in [-0.39, 0.29) is 17.0 Å². The molecule has 0 saturated heterocycles. The molecule has 0 aliphatic carbocycles. The number of thioether (sulfide) groups is 1. The summed E-state index contributed by atoms with van der Waals surface area (Å²) in [6, 6.07) is 12.2. The van der Waals surface area contributed by atoms with E-state index >= 15 is 0 Å². The maximum Gasteiger partial charge on any atom is 0.284 e. The third-order valence-corrected chi connectivity index (χ3v) is 3.98. The molecular formula is C16H12N4O3S. The summed E-state index contributed by atoms with van der Waals surface area (Å²) in [5.41, 5.74) is 1.04. The van der Waals surface area contributed by atoms with Crippen molar-refractivity contribution in [1.29, 1.82) is 5.26 Å². The SMILES string of the molecule is CC(Sc1nnc(-c2ccco2)o1)C(=O)Nc1cccc(C#N)c1. The highest BCUT2D eigenvalue weighted by molar-refractivity contribution is 8.00. The number of rotatable bonds is 5. The highest BCUT2D eigenvalue weighted by atomic mass is 32.2. The molecule has 0 aliphatic heterocycles. The Morgan fingerprint density at radius 1 is 1.33 bits per heavy atom. The van der Waals surface area contributed by atoms with Crippen molar-refractivity contribution >= 4 is 23.4 Å². The van der Waals surface area contributed by atoms with Crippen molar-refractivity contribution in [3.8, 4) is 17.7 Å². The van der Waals surface area contributed by atoms with E-state index in [0.717, 1.165) is 11.8 Å². The summed E-state index contributed by atoms with van der Waals surface area (Å²) >= 11 is 1.14. The van der Waals surface area contributed by atoms with Crippen LogP contribution in [0, 0.1) is 11.3 Å². The second kappa shape index (κ2) is 7.02. The van der Waals surface area contributed by atoms with Crippen LogP contribution >= 0.6 is 11.8 Å². The molecule has 0 aliphatic rings. The van der Waals surface area contributed by atoms with Crippen molar-refractivity contribution < 1.29 is 13.6 Å². The lowest BCUT2D eigenvalue weighted by molar-refractivity contribution is -0.115. The fourth-order valence-corrected chi connectivity index (χ4v) is 2.56. The first-order valence-electron chi connectivity index (χ1n) is 7.01. The number of hydrogen-bond donors (Lipinski definition) is 1. The molecule has 0 saturated carbocycles. The van der Waals surface area contributed by atoms with Crippen LogP contribution in [0.3, 0.4) is 0 Å². The monoisotopic (exact) mass is 340 g/mol. The lowest BCUT2D eigenvalue weighted by atomic mass is 10.2.